The molecule has 1 aliphatic heterocycles. The molecule has 0 aromatic heterocycles. The molecule has 0 radical (unpaired) electrons. The van der Waals surface area contributed by atoms with Crippen LogP contribution in [-0.2, 0) is 21.2 Å². The summed E-state index contributed by atoms with van der Waals surface area (Å²) in [6.45, 7) is 2.55. The van der Waals surface area contributed by atoms with Crippen molar-refractivity contribution < 1.29 is 13.2 Å². The number of carbonyl (C=O) groups is 1. The van der Waals surface area contributed by atoms with Crippen LogP contribution in [0.15, 0.2) is 18.2 Å². The highest BCUT2D eigenvalue weighted by Gasteiger charge is 2.31. The van der Waals surface area contributed by atoms with Gasteiger partial charge in [-0.1, -0.05) is 19.8 Å². The molecule has 1 aromatic rings. The Bertz CT molecular complexity index is 694. The van der Waals surface area contributed by atoms with Crippen LogP contribution in [0.25, 0.3) is 0 Å². The number of carbonyl (C=O) groups excluding carboxylic acids is 1. The fourth-order valence-electron chi connectivity index (χ4n) is 3.59. The van der Waals surface area contributed by atoms with Crippen LogP contribution in [0.3, 0.4) is 0 Å². The second-order valence-electron chi connectivity index (χ2n) is 6.49. The molecular weight excluding hydrogens is 312 g/mol. The van der Waals surface area contributed by atoms with Crippen molar-refractivity contribution in [3.8, 4) is 0 Å². The summed E-state index contributed by atoms with van der Waals surface area (Å²) in [5.41, 5.74) is 2.58. The number of fused-ring (bicyclic) bond motifs is 1. The van der Waals surface area contributed by atoms with E-state index in [1.54, 1.807) is 6.07 Å². The fourth-order valence-corrected chi connectivity index (χ4v) is 4.71. The zero-order valence-corrected chi connectivity index (χ0v) is 14.4. The second kappa shape index (κ2) is 6.51. The van der Waals surface area contributed by atoms with E-state index in [1.807, 2.05) is 24.0 Å². The van der Waals surface area contributed by atoms with Gasteiger partial charge in [-0.15, -0.1) is 0 Å². The van der Waals surface area contributed by atoms with Gasteiger partial charge in [0.15, 0.2) is 0 Å². The van der Waals surface area contributed by atoms with Crippen LogP contribution < -0.4 is 9.62 Å². The smallest absolute Gasteiger partial charge is 0.232 e. The molecule has 6 heteroatoms. The molecule has 2 aliphatic rings. The quantitative estimate of drug-likeness (QED) is 0.899. The average molecular weight is 336 g/mol. The molecule has 5 nitrogen and oxygen atoms in total. The first-order chi connectivity index (χ1) is 11.0. The summed E-state index contributed by atoms with van der Waals surface area (Å²) in [6, 6.07) is 5.50. The van der Waals surface area contributed by atoms with Gasteiger partial charge in [-0.25, -0.2) is 8.42 Å². The standard InChI is InChI=1S/C17H24N2O3S/c1-2-11-23(21,22)18-15-7-8-16-14(12-15)9-10-19(16)17(20)13-5-3-4-6-13/h7-8,12-13,18H,2-6,9-11H2,1H3. The SMILES string of the molecule is CCCS(=O)(=O)Nc1ccc2c(c1)CCN2C(=O)C1CCCC1. The van der Waals surface area contributed by atoms with E-state index in [1.165, 1.54) is 0 Å². The lowest BCUT2D eigenvalue weighted by Crippen LogP contribution is -2.33. The maximum Gasteiger partial charge on any atom is 0.232 e. The summed E-state index contributed by atoms with van der Waals surface area (Å²) in [4.78, 5) is 14.5. The average Bonchev–Trinajstić information content (AvgIpc) is 3.15. The van der Waals surface area contributed by atoms with E-state index in [9.17, 15) is 13.2 Å². The molecule has 23 heavy (non-hydrogen) atoms. The third-order valence-corrected chi connectivity index (χ3v) is 6.18. The summed E-state index contributed by atoms with van der Waals surface area (Å²) in [5.74, 6) is 0.528. The zero-order valence-electron chi connectivity index (χ0n) is 13.5. The Morgan fingerprint density at radius 2 is 2.04 bits per heavy atom. The zero-order chi connectivity index (χ0) is 16.4. The summed E-state index contributed by atoms with van der Waals surface area (Å²) in [6.07, 6.45) is 5.67. The number of hydrogen-bond acceptors (Lipinski definition) is 3. The highest BCUT2D eigenvalue weighted by atomic mass is 32.2. The Morgan fingerprint density at radius 1 is 1.30 bits per heavy atom. The summed E-state index contributed by atoms with van der Waals surface area (Å²) in [7, 11) is -3.28. The molecule has 1 fully saturated rings. The second-order valence-corrected chi connectivity index (χ2v) is 8.33. The summed E-state index contributed by atoms with van der Waals surface area (Å²) >= 11 is 0. The van der Waals surface area contributed by atoms with Crippen LogP contribution in [-0.4, -0.2) is 26.6 Å². The molecule has 1 aromatic carbocycles. The van der Waals surface area contributed by atoms with Gasteiger partial charge in [0.2, 0.25) is 15.9 Å². The molecule has 1 N–H and O–H groups in total. The van der Waals surface area contributed by atoms with Gasteiger partial charge < -0.3 is 4.90 Å². The lowest BCUT2D eigenvalue weighted by molar-refractivity contribution is -0.122. The van der Waals surface area contributed by atoms with Crippen LogP contribution in [0.1, 0.15) is 44.6 Å². The molecule has 0 atom stereocenters. The van der Waals surface area contributed by atoms with E-state index in [-0.39, 0.29) is 17.6 Å². The van der Waals surface area contributed by atoms with Gasteiger partial charge in [-0.3, -0.25) is 9.52 Å². The third kappa shape index (κ3) is 3.52. The minimum Gasteiger partial charge on any atom is -0.312 e. The number of amides is 1. The lowest BCUT2D eigenvalue weighted by atomic mass is 10.1. The Morgan fingerprint density at radius 3 is 2.74 bits per heavy atom. The number of nitrogens with one attached hydrogen (secondary N) is 1. The van der Waals surface area contributed by atoms with Crippen LogP contribution in [0.5, 0.6) is 0 Å². The van der Waals surface area contributed by atoms with E-state index < -0.39 is 10.0 Å². The van der Waals surface area contributed by atoms with Crippen LogP contribution >= 0.6 is 0 Å². The van der Waals surface area contributed by atoms with Crippen molar-refractivity contribution in [3.05, 3.63) is 23.8 Å². The van der Waals surface area contributed by atoms with E-state index in [0.29, 0.717) is 18.7 Å². The van der Waals surface area contributed by atoms with Crippen molar-refractivity contribution in [1.82, 2.24) is 0 Å². The Kier molecular flexibility index (Phi) is 4.62. The molecular formula is C17H24N2O3S. The number of sulfonamides is 1. The number of rotatable bonds is 5. The topological polar surface area (TPSA) is 66.5 Å². The number of hydrogen-bond donors (Lipinski definition) is 1. The van der Waals surface area contributed by atoms with Gasteiger partial charge in [0.05, 0.1) is 5.75 Å². The number of benzene rings is 1. The van der Waals surface area contributed by atoms with Crippen molar-refractivity contribution in [2.75, 3.05) is 21.9 Å². The first kappa shape index (κ1) is 16.3. The summed E-state index contributed by atoms with van der Waals surface area (Å²) < 4.78 is 26.4. The fraction of sp³-hybridized carbons (Fsp3) is 0.588. The molecule has 1 aliphatic carbocycles. The lowest BCUT2D eigenvalue weighted by Gasteiger charge is -2.21. The minimum atomic E-state index is -3.28. The Hall–Kier alpha value is -1.56. The first-order valence-corrected chi connectivity index (χ1v) is 10.1. The van der Waals surface area contributed by atoms with Crippen molar-refractivity contribution >= 4 is 27.3 Å². The van der Waals surface area contributed by atoms with Gasteiger partial charge in [-0.2, -0.15) is 0 Å². The molecule has 1 saturated carbocycles. The number of anilines is 2. The molecule has 1 amide bonds. The Labute approximate surface area is 138 Å². The highest BCUT2D eigenvalue weighted by Crippen LogP contribution is 2.35. The van der Waals surface area contributed by atoms with Crippen LogP contribution in [0.4, 0.5) is 11.4 Å². The predicted molar refractivity (Wildman–Crippen MR) is 92.2 cm³/mol. The minimum absolute atomic E-state index is 0.121. The molecule has 0 bridgehead atoms. The monoisotopic (exact) mass is 336 g/mol. The normalized spacial score (nSPS) is 18.2. The van der Waals surface area contributed by atoms with E-state index in [2.05, 4.69) is 4.72 Å². The maximum absolute atomic E-state index is 12.6. The van der Waals surface area contributed by atoms with Gasteiger partial charge in [0.1, 0.15) is 0 Å². The first-order valence-electron chi connectivity index (χ1n) is 8.45. The van der Waals surface area contributed by atoms with E-state index in [4.69, 9.17) is 0 Å². The van der Waals surface area contributed by atoms with E-state index in [0.717, 1.165) is 43.4 Å². The van der Waals surface area contributed by atoms with E-state index >= 15 is 0 Å². The molecule has 1 heterocycles. The summed E-state index contributed by atoms with van der Waals surface area (Å²) in [5, 5.41) is 0. The Balaban J connectivity index is 1.76. The van der Waals surface area contributed by atoms with Crippen LogP contribution in [0, 0.1) is 5.92 Å². The van der Waals surface area contributed by atoms with Gasteiger partial charge in [0.25, 0.3) is 0 Å². The van der Waals surface area contributed by atoms with Crippen molar-refractivity contribution in [2.45, 2.75) is 45.4 Å². The van der Waals surface area contributed by atoms with Gasteiger partial charge >= 0.3 is 0 Å². The third-order valence-electron chi connectivity index (χ3n) is 4.69. The van der Waals surface area contributed by atoms with Crippen molar-refractivity contribution in [1.29, 1.82) is 0 Å². The van der Waals surface area contributed by atoms with Crippen LogP contribution in [0.2, 0.25) is 0 Å². The van der Waals surface area contributed by atoms with Gasteiger partial charge in [-0.05, 0) is 49.4 Å². The van der Waals surface area contributed by atoms with Crippen molar-refractivity contribution in [3.63, 3.8) is 0 Å². The molecule has 0 saturated heterocycles. The molecule has 0 spiro atoms. The van der Waals surface area contributed by atoms with Crippen molar-refractivity contribution in [2.24, 2.45) is 5.92 Å². The number of nitrogens with zero attached hydrogens (tertiary/aromatic N) is 1. The highest BCUT2D eigenvalue weighted by molar-refractivity contribution is 7.92. The molecule has 126 valence electrons. The molecule has 3 rings (SSSR count). The molecule has 0 unspecified atom stereocenters. The predicted octanol–water partition coefficient (Wildman–Crippen LogP) is 2.92. The largest absolute Gasteiger partial charge is 0.312 e. The van der Waals surface area contributed by atoms with Gasteiger partial charge in [0, 0.05) is 23.8 Å². The maximum atomic E-state index is 12.6.